The second-order valence-electron chi connectivity index (χ2n) is 5.75. The Labute approximate surface area is 156 Å². The third kappa shape index (κ3) is 4.36. The summed E-state index contributed by atoms with van der Waals surface area (Å²) >= 11 is 0. The molecule has 0 saturated carbocycles. The van der Waals surface area contributed by atoms with E-state index in [4.69, 9.17) is 14.2 Å². The van der Waals surface area contributed by atoms with Crippen molar-refractivity contribution in [3.8, 4) is 11.5 Å². The van der Waals surface area contributed by atoms with E-state index in [1.165, 1.54) is 20.3 Å². The first-order valence-electron chi connectivity index (χ1n) is 8.28. The van der Waals surface area contributed by atoms with Crippen LogP contribution < -0.4 is 14.8 Å². The van der Waals surface area contributed by atoms with Crippen LogP contribution in [0.3, 0.4) is 0 Å². The first kappa shape index (κ1) is 18.3. The maximum atomic E-state index is 12.2. The highest BCUT2D eigenvalue weighted by atomic mass is 16.5. The van der Waals surface area contributed by atoms with Gasteiger partial charge in [0.1, 0.15) is 11.5 Å². The molecule has 0 aliphatic carbocycles. The summed E-state index contributed by atoms with van der Waals surface area (Å²) in [7, 11) is 2.77. The fourth-order valence-electron chi connectivity index (χ4n) is 2.63. The Hall–Kier alpha value is -3.54. The van der Waals surface area contributed by atoms with Crippen LogP contribution in [-0.2, 0) is 9.53 Å². The molecule has 0 fully saturated rings. The molecule has 0 unspecified atom stereocenters. The zero-order chi connectivity index (χ0) is 19.2. The summed E-state index contributed by atoms with van der Waals surface area (Å²) in [5, 5.41) is 4.78. The molecule has 0 atom stereocenters. The number of carbonyl (C=O) groups excluding carboxylic acids is 2. The molecule has 3 rings (SSSR count). The van der Waals surface area contributed by atoms with Crippen LogP contribution >= 0.6 is 0 Å². The van der Waals surface area contributed by atoms with Gasteiger partial charge in [0.25, 0.3) is 5.91 Å². The normalized spacial score (nSPS) is 10.3. The summed E-state index contributed by atoms with van der Waals surface area (Å²) in [6.45, 7) is -0.190. The first-order valence-corrected chi connectivity index (χ1v) is 8.28. The highest BCUT2D eigenvalue weighted by Crippen LogP contribution is 2.23. The molecule has 0 radical (unpaired) electrons. The van der Waals surface area contributed by atoms with E-state index in [0.717, 1.165) is 10.8 Å². The van der Waals surface area contributed by atoms with Gasteiger partial charge in [0, 0.05) is 0 Å². The summed E-state index contributed by atoms with van der Waals surface area (Å²) in [4.78, 5) is 24.2. The van der Waals surface area contributed by atoms with Crippen molar-refractivity contribution in [3.05, 3.63) is 66.2 Å². The van der Waals surface area contributed by atoms with E-state index in [0.29, 0.717) is 17.2 Å². The zero-order valence-corrected chi connectivity index (χ0v) is 15.0. The van der Waals surface area contributed by atoms with Gasteiger partial charge in [-0.05, 0) is 41.1 Å². The summed E-state index contributed by atoms with van der Waals surface area (Å²) in [5.74, 6) is 0.116. The van der Waals surface area contributed by atoms with Gasteiger partial charge < -0.3 is 19.5 Å². The van der Waals surface area contributed by atoms with Crippen molar-refractivity contribution in [2.24, 2.45) is 0 Å². The lowest BCUT2D eigenvalue weighted by Crippen LogP contribution is -2.21. The van der Waals surface area contributed by atoms with Crippen molar-refractivity contribution in [2.45, 2.75) is 0 Å². The fourth-order valence-corrected chi connectivity index (χ4v) is 2.63. The van der Waals surface area contributed by atoms with Crippen molar-refractivity contribution in [1.82, 2.24) is 0 Å². The van der Waals surface area contributed by atoms with Crippen LogP contribution in [0.25, 0.3) is 10.8 Å². The van der Waals surface area contributed by atoms with Crippen LogP contribution in [0.4, 0.5) is 5.69 Å². The molecule has 3 aromatic rings. The molecule has 3 aromatic carbocycles. The van der Waals surface area contributed by atoms with Gasteiger partial charge in [-0.25, -0.2) is 4.79 Å². The van der Waals surface area contributed by atoms with E-state index in [1.807, 2.05) is 42.5 Å². The Balaban J connectivity index is 1.69. The molecule has 6 nitrogen and oxygen atoms in total. The Kier molecular flexibility index (Phi) is 5.56. The van der Waals surface area contributed by atoms with Crippen LogP contribution in [0.5, 0.6) is 11.5 Å². The third-order valence-corrected chi connectivity index (χ3v) is 4.00. The van der Waals surface area contributed by atoms with E-state index < -0.39 is 11.9 Å². The minimum atomic E-state index is -0.570. The number of hydrogen-bond donors (Lipinski definition) is 1. The van der Waals surface area contributed by atoms with Gasteiger partial charge in [-0.15, -0.1) is 0 Å². The Morgan fingerprint density at radius 2 is 1.63 bits per heavy atom. The van der Waals surface area contributed by atoms with E-state index >= 15 is 0 Å². The van der Waals surface area contributed by atoms with Gasteiger partial charge in [-0.1, -0.05) is 30.3 Å². The molecule has 0 aliphatic rings. The highest BCUT2D eigenvalue weighted by molar-refractivity contribution is 6.02. The molecule has 0 bridgehead atoms. The molecule has 1 N–H and O–H groups in total. The van der Waals surface area contributed by atoms with Crippen molar-refractivity contribution in [2.75, 3.05) is 26.1 Å². The van der Waals surface area contributed by atoms with Crippen LogP contribution in [0, 0.1) is 0 Å². The van der Waals surface area contributed by atoms with Crippen molar-refractivity contribution < 1.29 is 23.8 Å². The lowest BCUT2D eigenvalue weighted by Gasteiger charge is -2.12. The van der Waals surface area contributed by atoms with Crippen LogP contribution in [0.2, 0.25) is 0 Å². The smallest absolute Gasteiger partial charge is 0.340 e. The number of fused-ring (bicyclic) bond motifs is 1. The number of carbonyl (C=O) groups is 2. The third-order valence-electron chi connectivity index (χ3n) is 4.00. The second kappa shape index (κ2) is 8.23. The lowest BCUT2D eigenvalue weighted by atomic mass is 10.1. The molecule has 1 amide bonds. The Morgan fingerprint density at radius 3 is 2.37 bits per heavy atom. The summed E-state index contributed by atoms with van der Waals surface area (Å²) < 4.78 is 15.4. The molecule has 0 saturated heterocycles. The largest absolute Gasteiger partial charge is 0.497 e. The van der Waals surface area contributed by atoms with Crippen LogP contribution in [-0.4, -0.2) is 32.7 Å². The van der Waals surface area contributed by atoms with E-state index in [-0.39, 0.29) is 12.2 Å². The molecule has 0 heterocycles. The van der Waals surface area contributed by atoms with Gasteiger partial charge in [-0.2, -0.15) is 0 Å². The predicted octanol–water partition coefficient (Wildman–Crippen LogP) is 3.65. The van der Waals surface area contributed by atoms with Gasteiger partial charge in [0.2, 0.25) is 0 Å². The first-order chi connectivity index (χ1) is 13.1. The van der Waals surface area contributed by atoms with Crippen molar-refractivity contribution >= 4 is 28.3 Å². The monoisotopic (exact) mass is 365 g/mol. The molecule has 0 aliphatic heterocycles. The minimum Gasteiger partial charge on any atom is -0.497 e. The molecule has 27 heavy (non-hydrogen) atoms. The minimum absolute atomic E-state index is 0.190. The molecule has 0 aromatic heterocycles. The number of amides is 1. The summed E-state index contributed by atoms with van der Waals surface area (Å²) in [6.07, 6.45) is 0. The second-order valence-corrected chi connectivity index (χ2v) is 5.75. The lowest BCUT2D eigenvalue weighted by molar-refractivity contribution is -0.118. The van der Waals surface area contributed by atoms with Gasteiger partial charge in [-0.3, -0.25) is 4.79 Å². The predicted molar refractivity (Wildman–Crippen MR) is 102 cm³/mol. The maximum absolute atomic E-state index is 12.2. The molecule has 138 valence electrons. The van der Waals surface area contributed by atoms with Crippen molar-refractivity contribution in [3.63, 3.8) is 0 Å². The molecule has 0 spiro atoms. The number of benzene rings is 3. The number of nitrogens with one attached hydrogen (secondary N) is 1. The molecule has 6 heteroatoms. The standard InChI is InChI=1S/C21H19NO5/c1-25-16-9-10-19(18(12-16)21(24)26-2)22-20(23)13-27-17-8-7-14-5-3-4-6-15(14)11-17/h3-12H,13H2,1-2H3,(H,22,23). The number of ether oxygens (including phenoxy) is 3. The summed E-state index contributed by atoms with van der Waals surface area (Å²) in [5.41, 5.74) is 0.533. The fraction of sp³-hybridized carbons (Fsp3) is 0.143. The van der Waals surface area contributed by atoms with Gasteiger partial charge >= 0.3 is 5.97 Å². The SMILES string of the molecule is COC(=O)c1cc(OC)ccc1NC(=O)COc1ccc2ccccc2c1. The number of anilines is 1. The number of rotatable bonds is 6. The number of esters is 1. The van der Waals surface area contributed by atoms with Gasteiger partial charge in [0.15, 0.2) is 6.61 Å². The van der Waals surface area contributed by atoms with Crippen LogP contribution in [0.1, 0.15) is 10.4 Å². The van der Waals surface area contributed by atoms with Crippen molar-refractivity contribution in [1.29, 1.82) is 0 Å². The quantitative estimate of drug-likeness (QED) is 0.675. The van der Waals surface area contributed by atoms with Crippen LogP contribution in [0.15, 0.2) is 60.7 Å². The maximum Gasteiger partial charge on any atom is 0.340 e. The zero-order valence-electron chi connectivity index (χ0n) is 15.0. The average Bonchev–Trinajstić information content (AvgIpc) is 2.71. The van der Waals surface area contributed by atoms with Gasteiger partial charge in [0.05, 0.1) is 25.5 Å². The molecular formula is C21H19NO5. The number of hydrogen-bond acceptors (Lipinski definition) is 5. The van der Waals surface area contributed by atoms with E-state index in [2.05, 4.69) is 5.32 Å². The summed E-state index contributed by atoms with van der Waals surface area (Å²) in [6, 6.07) is 18.2. The topological polar surface area (TPSA) is 73.9 Å². The highest BCUT2D eigenvalue weighted by Gasteiger charge is 2.15. The Morgan fingerprint density at radius 1 is 0.889 bits per heavy atom. The van der Waals surface area contributed by atoms with E-state index in [1.54, 1.807) is 12.1 Å². The van der Waals surface area contributed by atoms with E-state index in [9.17, 15) is 9.59 Å². The Bertz CT molecular complexity index is 983. The number of methoxy groups -OCH3 is 2. The average molecular weight is 365 g/mol. The molecular weight excluding hydrogens is 346 g/mol.